The second kappa shape index (κ2) is 8.75. The Balaban J connectivity index is 2.32. The third kappa shape index (κ3) is 5.01. The topological polar surface area (TPSA) is 119 Å². The Morgan fingerprint density at radius 2 is 1.75 bits per heavy atom. The highest BCUT2D eigenvalue weighted by Crippen LogP contribution is 2.25. The first-order valence-electron chi connectivity index (χ1n) is 8.57. The summed E-state index contributed by atoms with van der Waals surface area (Å²) in [5.74, 6) is -0.713. The lowest BCUT2D eigenvalue weighted by Crippen LogP contribution is -2.45. The summed E-state index contributed by atoms with van der Waals surface area (Å²) >= 11 is 0. The second-order valence-electron chi connectivity index (χ2n) is 6.06. The van der Waals surface area contributed by atoms with Crippen molar-refractivity contribution < 1.29 is 22.7 Å². The first kappa shape index (κ1) is 21.2. The van der Waals surface area contributed by atoms with Crippen molar-refractivity contribution in [2.75, 3.05) is 22.5 Å². The summed E-state index contributed by atoms with van der Waals surface area (Å²) in [6.45, 7) is 3.78. The number of rotatable bonds is 8. The van der Waals surface area contributed by atoms with Crippen molar-refractivity contribution in [2.45, 2.75) is 19.9 Å². The number of primary amides is 1. The minimum atomic E-state index is -3.77. The average molecular weight is 405 g/mol. The number of nitrogens with one attached hydrogen (secondary N) is 1. The molecule has 0 aliphatic rings. The van der Waals surface area contributed by atoms with E-state index in [0.717, 1.165) is 10.6 Å². The number of anilines is 2. The van der Waals surface area contributed by atoms with E-state index in [4.69, 9.17) is 10.5 Å². The SMILES string of the molecule is CCOc1ccc(N([C@H](C)C(=O)Nc2ccccc2C(N)=O)S(C)(=O)=O)cc1. The highest BCUT2D eigenvalue weighted by molar-refractivity contribution is 7.92. The van der Waals surface area contributed by atoms with E-state index in [1.807, 2.05) is 6.92 Å². The molecule has 0 aromatic heterocycles. The van der Waals surface area contributed by atoms with Gasteiger partial charge in [0.25, 0.3) is 5.91 Å². The maximum Gasteiger partial charge on any atom is 0.250 e. The average Bonchev–Trinajstić information content (AvgIpc) is 2.62. The first-order valence-corrected chi connectivity index (χ1v) is 10.4. The van der Waals surface area contributed by atoms with E-state index in [2.05, 4.69) is 5.32 Å². The van der Waals surface area contributed by atoms with Gasteiger partial charge in [0.2, 0.25) is 15.9 Å². The van der Waals surface area contributed by atoms with Gasteiger partial charge < -0.3 is 15.8 Å². The van der Waals surface area contributed by atoms with Gasteiger partial charge in [-0.05, 0) is 50.2 Å². The fourth-order valence-electron chi connectivity index (χ4n) is 2.71. The van der Waals surface area contributed by atoms with Crippen LogP contribution in [0.1, 0.15) is 24.2 Å². The zero-order valence-electron chi connectivity index (χ0n) is 15.9. The lowest BCUT2D eigenvalue weighted by atomic mass is 10.1. The van der Waals surface area contributed by atoms with E-state index < -0.39 is 27.9 Å². The van der Waals surface area contributed by atoms with Crippen LogP contribution < -0.4 is 20.1 Å². The number of nitrogens with two attached hydrogens (primary N) is 1. The lowest BCUT2D eigenvalue weighted by Gasteiger charge is -2.28. The molecule has 0 spiro atoms. The molecular formula is C19H23N3O5S. The van der Waals surface area contributed by atoms with Crippen LogP contribution in [0.4, 0.5) is 11.4 Å². The molecule has 2 amide bonds. The number of hydrogen-bond donors (Lipinski definition) is 2. The Hall–Kier alpha value is -3.07. The first-order chi connectivity index (χ1) is 13.1. The third-order valence-corrected chi connectivity index (χ3v) is 5.18. The van der Waals surface area contributed by atoms with Crippen LogP contribution >= 0.6 is 0 Å². The predicted octanol–water partition coefficient (Wildman–Crippen LogP) is 1.98. The molecule has 3 N–H and O–H groups in total. The quantitative estimate of drug-likeness (QED) is 0.696. The largest absolute Gasteiger partial charge is 0.494 e. The molecule has 2 rings (SSSR count). The van der Waals surface area contributed by atoms with Crippen LogP contribution in [0.15, 0.2) is 48.5 Å². The molecule has 8 nitrogen and oxygen atoms in total. The van der Waals surface area contributed by atoms with Gasteiger partial charge >= 0.3 is 0 Å². The van der Waals surface area contributed by atoms with E-state index in [9.17, 15) is 18.0 Å². The van der Waals surface area contributed by atoms with Crippen molar-refractivity contribution in [3.63, 3.8) is 0 Å². The minimum absolute atomic E-state index is 0.134. The number of para-hydroxylation sites is 1. The number of carbonyl (C=O) groups excluding carboxylic acids is 2. The Morgan fingerprint density at radius 3 is 2.29 bits per heavy atom. The normalized spacial score (nSPS) is 12.1. The van der Waals surface area contributed by atoms with E-state index in [1.165, 1.54) is 19.1 Å². The Bertz CT molecular complexity index is 958. The zero-order valence-corrected chi connectivity index (χ0v) is 16.7. The number of sulfonamides is 1. The van der Waals surface area contributed by atoms with Crippen LogP contribution in [0.3, 0.4) is 0 Å². The zero-order chi connectivity index (χ0) is 20.9. The van der Waals surface area contributed by atoms with Gasteiger partial charge in [0.15, 0.2) is 0 Å². The summed E-state index contributed by atoms with van der Waals surface area (Å²) in [6, 6.07) is 11.5. The number of hydrogen-bond acceptors (Lipinski definition) is 5. The summed E-state index contributed by atoms with van der Waals surface area (Å²) in [6.07, 6.45) is 1.02. The summed E-state index contributed by atoms with van der Waals surface area (Å²) in [5, 5.41) is 2.58. The fraction of sp³-hybridized carbons (Fsp3) is 0.263. The molecule has 1 atom stereocenters. The molecule has 0 heterocycles. The maximum absolute atomic E-state index is 12.7. The van der Waals surface area contributed by atoms with Crippen LogP contribution in [0.2, 0.25) is 0 Å². The standard InChI is InChI=1S/C19H23N3O5S/c1-4-27-15-11-9-14(10-12-15)22(28(3,25)26)13(2)19(24)21-17-8-6-5-7-16(17)18(20)23/h5-13H,4H2,1-3H3,(H2,20,23)(H,21,24)/t13-/m1/s1. The number of amides is 2. The molecule has 9 heteroatoms. The van der Waals surface area contributed by atoms with Gasteiger partial charge in [0.1, 0.15) is 11.8 Å². The Morgan fingerprint density at radius 1 is 1.14 bits per heavy atom. The van der Waals surface area contributed by atoms with Crippen LogP contribution in [0, 0.1) is 0 Å². The predicted molar refractivity (Wildman–Crippen MR) is 108 cm³/mol. The van der Waals surface area contributed by atoms with Gasteiger partial charge in [-0.25, -0.2) is 8.42 Å². The molecule has 2 aromatic rings. The van der Waals surface area contributed by atoms with Gasteiger partial charge in [-0.3, -0.25) is 13.9 Å². The highest BCUT2D eigenvalue weighted by Gasteiger charge is 2.29. The molecule has 0 fully saturated rings. The molecule has 0 saturated carbocycles. The lowest BCUT2D eigenvalue weighted by molar-refractivity contribution is -0.116. The summed E-state index contributed by atoms with van der Waals surface area (Å²) in [7, 11) is -3.77. The number of benzene rings is 2. The molecule has 0 aliphatic heterocycles. The van der Waals surface area contributed by atoms with Crippen LogP contribution in [-0.2, 0) is 14.8 Å². The fourth-order valence-corrected chi connectivity index (χ4v) is 3.88. The highest BCUT2D eigenvalue weighted by atomic mass is 32.2. The third-order valence-electron chi connectivity index (χ3n) is 3.94. The summed E-state index contributed by atoms with van der Waals surface area (Å²) in [4.78, 5) is 24.2. The number of ether oxygens (including phenoxy) is 1. The van der Waals surface area contributed by atoms with Crippen LogP contribution in [0.5, 0.6) is 5.75 Å². The van der Waals surface area contributed by atoms with Gasteiger partial charge in [0.05, 0.1) is 29.8 Å². The molecule has 150 valence electrons. The summed E-state index contributed by atoms with van der Waals surface area (Å²) in [5.41, 5.74) is 5.98. The van der Waals surface area contributed by atoms with E-state index in [0.29, 0.717) is 18.0 Å². The van der Waals surface area contributed by atoms with Crippen LogP contribution in [0.25, 0.3) is 0 Å². The monoisotopic (exact) mass is 405 g/mol. The molecule has 28 heavy (non-hydrogen) atoms. The Labute approximate surface area is 164 Å². The van der Waals surface area contributed by atoms with E-state index >= 15 is 0 Å². The van der Waals surface area contributed by atoms with Gasteiger partial charge in [0, 0.05) is 0 Å². The molecule has 0 saturated heterocycles. The van der Waals surface area contributed by atoms with Crippen molar-refractivity contribution in [1.29, 1.82) is 0 Å². The minimum Gasteiger partial charge on any atom is -0.494 e. The molecular weight excluding hydrogens is 382 g/mol. The number of nitrogens with zero attached hydrogens (tertiary/aromatic N) is 1. The molecule has 0 bridgehead atoms. The van der Waals surface area contributed by atoms with E-state index in [1.54, 1.807) is 36.4 Å². The maximum atomic E-state index is 12.7. The second-order valence-corrected chi connectivity index (χ2v) is 7.92. The number of carbonyl (C=O) groups is 2. The van der Waals surface area contributed by atoms with Gasteiger partial charge in [-0.15, -0.1) is 0 Å². The molecule has 0 radical (unpaired) electrons. The molecule has 2 aromatic carbocycles. The smallest absolute Gasteiger partial charge is 0.250 e. The molecule has 0 aliphatic carbocycles. The van der Waals surface area contributed by atoms with Crippen molar-refractivity contribution >= 4 is 33.2 Å². The van der Waals surface area contributed by atoms with Crippen molar-refractivity contribution in [3.8, 4) is 5.75 Å². The van der Waals surface area contributed by atoms with Gasteiger partial charge in [-0.2, -0.15) is 0 Å². The van der Waals surface area contributed by atoms with Crippen LogP contribution in [-0.4, -0.2) is 39.1 Å². The van der Waals surface area contributed by atoms with Crippen molar-refractivity contribution in [1.82, 2.24) is 0 Å². The van der Waals surface area contributed by atoms with Crippen molar-refractivity contribution in [2.24, 2.45) is 5.73 Å². The van der Waals surface area contributed by atoms with Gasteiger partial charge in [-0.1, -0.05) is 12.1 Å². The molecule has 0 unspecified atom stereocenters. The Kier molecular flexibility index (Phi) is 6.63. The van der Waals surface area contributed by atoms with E-state index in [-0.39, 0.29) is 11.3 Å². The van der Waals surface area contributed by atoms with Crippen molar-refractivity contribution in [3.05, 3.63) is 54.1 Å². The summed E-state index contributed by atoms with van der Waals surface area (Å²) < 4.78 is 31.1.